The number of aryl methyl sites for hydroxylation is 1. The number of hydrogen-bond acceptors (Lipinski definition) is 5. The fraction of sp³-hybridized carbons (Fsp3) is 0.424. The normalized spacial score (nSPS) is 14.5. The van der Waals surface area contributed by atoms with Crippen LogP contribution in [0.15, 0.2) is 60.7 Å². The summed E-state index contributed by atoms with van der Waals surface area (Å²) in [7, 11) is 1.69. The predicted octanol–water partition coefficient (Wildman–Crippen LogP) is 5.72. The Balaban J connectivity index is 1.50. The molecule has 3 aromatic carbocycles. The first-order valence-electron chi connectivity index (χ1n) is 14.1. The van der Waals surface area contributed by atoms with Crippen molar-refractivity contribution in [3.05, 3.63) is 77.6 Å². The van der Waals surface area contributed by atoms with Crippen molar-refractivity contribution in [3.8, 4) is 22.6 Å². The molecule has 6 nitrogen and oxygen atoms in total. The Morgan fingerprint density at radius 2 is 1.77 bits per heavy atom. The topological polar surface area (TPSA) is 62.8 Å². The van der Waals surface area contributed by atoms with Gasteiger partial charge in [-0.15, -0.1) is 0 Å². The summed E-state index contributed by atoms with van der Waals surface area (Å²) in [4.78, 5) is 13.0. The van der Waals surface area contributed by atoms with Gasteiger partial charge < -0.3 is 25.0 Å². The molecule has 214 valence electrons. The lowest BCUT2D eigenvalue weighted by Gasteiger charge is -2.30. The zero-order chi connectivity index (χ0) is 28.5. The maximum atomic E-state index is 14.6. The van der Waals surface area contributed by atoms with E-state index in [2.05, 4.69) is 72.7 Å². The van der Waals surface area contributed by atoms with Gasteiger partial charge in [0.15, 0.2) is 0 Å². The largest absolute Gasteiger partial charge is 0.496 e. The molecule has 3 aromatic rings. The number of anilines is 1. The van der Waals surface area contributed by atoms with E-state index in [0.29, 0.717) is 25.1 Å². The molecule has 1 fully saturated rings. The van der Waals surface area contributed by atoms with Gasteiger partial charge in [-0.2, -0.15) is 0 Å². The van der Waals surface area contributed by atoms with Crippen LogP contribution in [0, 0.1) is 5.82 Å². The molecule has 0 radical (unpaired) electrons. The summed E-state index contributed by atoms with van der Waals surface area (Å²) in [6, 6.07) is 19.9. The number of piperazine rings is 1. The number of carbonyl (C=O) groups excluding carboxylic acids is 1. The van der Waals surface area contributed by atoms with E-state index in [0.717, 1.165) is 67.1 Å². The summed E-state index contributed by atoms with van der Waals surface area (Å²) in [6.45, 7) is 10.5. The highest BCUT2D eigenvalue weighted by Crippen LogP contribution is 2.33. The van der Waals surface area contributed by atoms with Crippen LogP contribution in [0.1, 0.15) is 44.7 Å². The van der Waals surface area contributed by atoms with E-state index in [1.807, 2.05) is 12.1 Å². The summed E-state index contributed by atoms with van der Waals surface area (Å²) in [5.41, 5.74) is 5.52. The van der Waals surface area contributed by atoms with Gasteiger partial charge in [-0.05, 0) is 53.1 Å². The number of nitrogens with zero attached hydrogens (tertiary/aromatic N) is 1. The van der Waals surface area contributed by atoms with Crippen molar-refractivity contribution in [2.24, 2.45) is 0 Å². The van der Waals surface area contributed by atoms with Crippen molar-refractivity contribution >= 4 is 12.1 Å². The number of methoxy groups -OCH3 is 1. The maximum absolute atomic E-state index is 14.6. The number of nitrogens with one attached hydrogen (secondary N) is 2. The Hall–Kier alpha value is -3.58. The smallest absolute Gasteiger partial charge is 0.207 e. The monoisotopic (exact) mass is 547 g/mol. The van der Waals surface area contributed by atoms with Crippen molar-refractivity contribution in [3.63, 3.8) is 0 Å². The summed E-state index contributed by atoms with van der Waals surface area (Å²) in [5, 5.41) is 6.06. The van der Waals surface area contributed by atoms with Gasteiger partial charge in [0, 0.05) is 62.5 Å². The van der Waals surface area contributed by atoms with E-state index in [1.54, 1.807) is 13.2 Å². The zero-order valence-corrected chi connectivity index (χ0v) is 24.1. The molecule has 1 aliphatic rings. The molecule has 7 heteroatoms. The van der Waals surface area contributed by atoms with Crippen molar-refractivity contribution in [1.82, 2.24) is 10.6 Å². The van der Waals surface area contributed by atoms with Crippen LogP contribution in [0.2, 0.25) is 0 Å². The molecule has 0 aliphatic carbocycles. The van der Waals surface area contributed by atoms with Crippen LogP contribution in [0.25, 0.3) is 11.1 Å². The molecule has 1 aliphatic heterocycles. The highest BCUT2D eigenvalue weighted by Gasteiger charge is 2.18. The average Bonchev–Trinajstić information content (AvgIpc) is 2.95. The molecule has 2 N–H and O–H groups in total. The molecule has 0 saturated carbocycles. The SMILES string of the molecule is COc1ccc(CCC(CCNC=O)Oc2cc(F)cc(N3CCNCC3)c2)cc1-c1ccc(C(C)(C)C)cc1. The molecule has 40 heavy (non-hydrogen) atoms. The van der Waals surface area contributed by atoms with E-state index in [-0.39, 0.29) is 17.3 Å². The van der Waals surface area contributed by atoms with Gasteiger partial charge >= 0.3 is 0 Å². The molecule has 0 spiro atoms. The quantitative estimate of drug-likeness (QED) is 0.224. The van der Waals surface area contributed by atoms with Crippen LogP contribution in [0.3, 0.4) is 0 Å². The number of ether oxygens (including phenoxy) is 2. The zero-order valence-electron chi connectivity index (χ0n) is 24.1. The van der Waals surface area contributed by atoms with Crippen LogP contribution in [0.5, 0.6) is 11.5 Å². The Bertz CT molecular complexity index is 1250. The summed E-state index contributed by atoms with van der Waals surface area (Å²) < 4.78 is 26.6. The van der Waals surface area contributed by atoms with E-state index in [9.17, 15) is 9.18 Å². The summed E-state index contributed by atoms with van der Waals surface area (Å²) in [6.07, 6.45) is 2.61. The van der Waals surface area contributed by atoms with Crippen molar-refractivity contribution in [1.29, 1.82) is 0 Å². The molecule has 1 amide bonds. The second-order valence-electron chi connectivity index (χ2n) is 11.4. The third-order valence-corrected chi connectivity index (χ3v) is 7.42. The van der Waals surface area contributed by atoms with Gasteiger partial charge in [0.2, 0.25) is 6.41 Å². The second-order valence-corrected chi connectivity index (χ2v) is 11.4. The Morgan fingerprint density at radius 3 is 2.45 bits per heavy atom. The average molecular weight is 548 g/mol. The van der Waals surface area contributed by atoms with Crippen LogP contribution in [0.4, 0.5) is 10.1 Å². The van der Waals surface area contributed by atoms with E-state index >= 15 is 0 Å². The molecule has 4 rings (SSSR count). The minimum Gasteiger partial charge on any atom is -0.496 e. The van der Waals surface area contributed by atoms with E-state index < -0.39 is 0 Å². The van der Waals surface area contributed by atoms with Gasteiger partial charge in [-0.3, -0.25) is 4.79 Å². The first kappa shape index (κ1) is 29.4. The third-order valence-electron chi connectivity index (χ3n) is 7.42. The molecule has 0 bridgehead atoms. The number of halogens is 1. The number of hydrogen-bond donors (Lipinski definition) is 2. The van der Waals surface area contributed by atoms with Crippen LogP contribution in [-0.2, 0) is 16.6 Å². The molecule has 1 saturated heterocycles. The van der Waals surface area contributed by atoms with E-state index in [4.69, 9.17) is 9.47 Å². The summed E-state index contributed by atoms with van der Waals surface area (Å²) >= 11 is 0. The third kappa shape index (κ3) is 7.98. The van der Waals surface area contributed by atoms with Crippen LogP contribution in [-0.4, -0.2) is 52.3 Å². The fourth-order valence-electron chi connectivity index (χ4n) is 5.09. The van der Waals surface area contributed by atoms with Gasteiger partial charge in [0.05, 0.1) is 7.11 Å². The molecule has 1 unspecified atom stereocenters. The Kier molecular flexibility index (Phi) is 10.0. The Morgan fingerprint density at radius 1 is 1.02 bits per heavy atom. The first-order valence-corrected chi connectivity index (χ1v) is 14.1. The molecular formula is C33H42FN3O3. The molecular weight excluding hydrogens is 505 g/mol. The van der Waals surface area contributed by atoms with Crippen molar-refractivity contribution in [2.75, 3.05) is 44.7 Å². The first-order chi connectivity index (χ1) is 19.3. The highest BCUT2D eigenvalue weighted by molar-refractivity contribution is 5.71. The fourth-order valence-corrected chi connectivity index (χ4v) is 5.09. The standard InChI is InChI=1S/C33H42FN3O3/c1-33(2,3)26-9-7-25(8-10-26)31-19-24(6-12-32(31)39-4)5-11-29(13-14-36-23-38)40-30-21-27(34)20-28(22-30)37-17-15-35-16-18-37/h6-10,12,19-23,29,35H,5,11,13-18H2,1-4H3,(H,36,38). The van der Waals surface area contributed by atoms with Crippen LogP contribution >= 0.6 is 0 Å². The molecule has 1 atom stereocenters. The maximum Gasteiger partial charge on any atom is 0.207 e. The van der Waals surface area contributed by atoms with Gasteiger partial charge in [0.25, 0.3) is 0 Å². The summed E-state index contributed by atoms with van der Waals surface area (Å²) in [5.74, 6) is 1.03. The van der Waals surface area contributed by atoms with Crippen LogP contribution < -0.4 is 25.0 Å². The lowest BCUT2D eigenvalue weighted by molar-refractivity contribution is -0.109. The second kappa shape index (κ2) is 13.7. The van der Waals surface area contributed by atoms with Gasteiger partial charge in [-0.25, -0.2) is 4.39 Å². The number of carbonyl (C=O) groups is 1. The highest BCUT2D eigenvalue weighted by atomic mass is 19.1. The molecule has 1 heterocycles. The number of benzene rings is 3. The van der Waals surface area contributed by atoms with Gasteiger partial charge in [0.1, 0.15) is 23.4 Å². The lowest BCUT2D eigenvalue weighted by atomic mass is 9.86. The van der Waals surface area contributed by atoms with Gasteiger partial charge in [-0.1, -0.05) is 51.1 Å². The number of amides is 1. The van der Waals surface area contributed by atoms with Crippen molar-refractivity contribution < 1.29 is 18.7 Å². The Labute approximate surface area is 237 Å². The molecule has 0 aromatic heterocycles. The van der Waals surface area contributed by atoms with E-state index in [1.165, 1.54) is 11.6 Å². The minimum atomic E-state index is -0.312. The van der Waals surface area contributed by atoms with Crippen molar-refractivity contribution in [2.45, 2.75) is 51.6 Å². The lowest BCUT2D eigenvalue weighted by Crippen LogP contribution is -2.43. The minimum absolute atomic E-state index is 0.0889. The number of rotatable bonds is 12. The predicted molar refractivity (Wildman–Crippen MR) is 160 cm³/mol.